The Balaban J connectivity index is 3.40. The third kappa shape index (κ3) is 2.14. The molecule has 0 saturated heterocycles. The fourth-order valence-corrected chi connectivity index (χ4v) is 2.02. The number of hydrogen-bond acceptors (Lipinski definition) is 2. The number of aromatic carboxylic acids is 1. The Hall–Kier alpha value is -0.860. The molecule has 0 heterocycles. The van der Waals surface area contributed by atoms with E-state index in [4.69, 9.17) is 10.4 Å². The average molecular weight is 319 g/mol. The highest BCUT2D eigenvalue weighted by Gasteiger charge is 2.12. The fourth-order valence-electron chi connectivity index (χ4n) is 0.993. The summed E-state index contributed by atoms with van der Waals surface area (Å²) < 4.78 is 0.485. The molecular weight excluding hydrogens is 314 g/mol. The number of nitriles is 1. The first-order valence-corrected chi connectivity index (χ1v) is 5.53. The minimum atomic E-state index is -1.05. The van der Waals surface area contributed by atoms with Gasteiger partial charge in [0.1, 0.15) is 0 Å². The van der Waals surface area contributed by atoms with Crippen molar-refractivity contribution in [3.8, 4) is 6.07 Å². The monoisotopic (exact) mass is 317 g/mol. The van der Waals surface area contributed by atoms with Gasteiger partial charge in [-0.2, -0.15) is 5.26 Å². The van der Waals surface area contributed by atoms with Crippen molar-refractivity contribution in [3.05, 3.63) is 33.3 Å². The van der Waals surface area contributed by atoms with Crippen molar-refractivity contribution >= 4 is 37.8 Å². The largest absolute Gasteiger partial charge is 0.478 e. The molecule has 0 fully saturated rings. The van der Waals surface area contributed by atoms with Crippen LogP contribution in [0.2, 0.25) is 0 Å². The summed E-state index contributed by atoms with van der Waals surface area (Å²) in [7, 11) is 0. The van der Waals surface area contributed by atoms with Crippen LogP contribution in [-0.2, 0) is 5.33 Å². The molecule has 3 nitrogen and oxygen atoms in total. The molecule has 0 spiro atoms. The fraction of sp³-hybridized carbons (Fsp3) is 0.111. The lowest BCUT2D eigenvalue weighted by Crippen LogP contribution is -2.00. The average Bonchev–Trinajstić information content (AvgIpc) is 2.16. The van der Waals surface area contributed by atoms with E-state index in [1.54, 1.807) is 6.07 Å². The molecule has 0 unspecified atom stereocenters. The van der Waals surface area contributed by atoms with Gasteiger partial charge in [0.2, 0.25) is 0 Å². The molecule has 1 rings (SSSR count). The predicted molar refractivity (Wildman–Crippen MR) is 58.4 cm³/mol. The number of halogens is 2. The summed E-state index contributed by atoms with van der Waals surface area (Å²) in [5, 5.41) is 18.1. The molecule has 1 aromatic rings. The number of nitrogens with zero attached hydrogens (tertiary/aromatic N) is 1. The second-order valence-corrected chi connectivity index (χ2v) is 3.95. The third-order valence-corrected chi connectivity index (χ3v) is 2.95. The first kappa shape index (κ1) is 11.2. The lowest BCUT2D eigenvalue weighted by Gasteiger charge is -2.04. The Morgan fingerprint density at radius 1 is 1.57 bits per heavy atom. The molecular formula is C9H5Br2NO2. The minimum absolute atomic E-state index is 0.103. The summed E-state index contributed by atoms with van der Waals surface area (Å²) in [4.78, 5) is 10.7. The van der Waals surface area contributed by atoms with Crippen molar-refractivity contribution in [3.63, 3.8) is 0 Å². The van der Waals surface area contributed by atoms with Crippen molar-refractivity contribution in [2.75, 3.05) is 0 Å². The second kappa shape index (κ2) is 4.58. The smallest absolute Gasteiger partial charge is 0.336 e. The summed E-state index contributed by atoms with van der Waals surface area (Å²) in [6.07, 6.45) is 0. The van der Waals surface area contributed by atoms with E-state index in [2.05, 4.69) is 31.9 Å². The van der Waals surface area contributed by atoms with Crippen LogP contribution in [0.1, 0.15) is 21.5 Å². The van der Waals surface area contributed by atoms with Crippen LogP contribution in [0.3, 0.4) is 0 Å². The van der Waals surface area contributed by atoms with Crippen molar-refractivity contribution < 1.29 is 9.90 Å². The highest BCUT2D eigenvalue weighted by Crippen LogP contribution is 2.23. The quantitative estimate of drug-likeness (QED) is 0.853. The molecule has 5 heteroatoms. The first-order chi connectivity index (χ1) is 6.60. The van der Waals surface area contributed by atoms with E-state index in [-0.39, 0.29) is 5.56 Å². The van der Waals surface area contributed by atoms with Gasteiger partial charge in [-0.25, -0.2) is 4.79 Å². The number of rotatable bonds is 2. The number of carboxylic acids is 1. The molecule has 0 aliphatic rings. The van der Waals surface area contributed by atoms with Gasteiger partial charge in [0.05, 0.1) is 17.2 Å². The Morgan fingerprint density at radius 2 is 2.21 bits per heavy atom. The Kier molecular flexibility index (Phi) is 3.67. The summed E-state index contributed by atoms with van der Waals surface area (Å²) >= 11 is 6.37. The van der Waals surface area contributed by atoms with Gasteiger partial charge in [0.15, 0.2) is 0 Å². The Bertz CT molecular complexity index is 424. The van der Waals surface area contributed by atoms with Crippen LogP contribution in [0.5, 0.6) is 0 Å². The normalized spacial score (nSPS) is 9.50. The van der Waals surface area contributed by atoms with Gasteiger partial charge >= 0.3 is 5.97 Å². The van der Waals surface area contributed by atoms with Crippen LogP contribution in [0.15, 0.2) is 16.6 Å². The molecule has 0 saturated carbocycles. The number of carboxylic acid groups (broad SMARTS) is 1. The molecule has 1 aromatic carbocycles. The van der Waals surface area contributed by atoms with Gasteiger partial charge < -0.3 is 5.11 Å². The minimum Gasteiger partial charge on any atom is -0.478 e. The maximum atomic E-state index is 10.7. The van der Waals surface area contributed by atoms with Gasteiger partial charge in [-0.1, -0.05) is 15.9 Å². The van der Waals surface area contributed by atoms with E-state index < -0.39 is 5.97 Å². The first-order valence-electron chi connectivity index (χ1n) is 3.62. The van der Waals surface area contributed by atoms with Crippen LogP contribution in [-0.4, -0.2) is 11.1 Å². The maximum Gasteiger partial charge on any atom is 0.336 e. The van der Waals surface area contributed by atoms with Crippen molar-refractivity contribution in [1.82, 2.24) is 0 Å². The number of hydrogen-bond donors (Lipinski definition) is 1. The SMILES string of the molecule is N#Cc1cc(C(=O)O)c(Br)cc1CBr. The van der Waals surface area contributed by atoms with Crippen molar-refractivity contribution in [2.24, 2.45) is 0 Å². The van der Waals surface area contributed by atoms with Crippen LogP contribution in [0, 0.1) is 11.3 Å². The zero-order valence-corrected chi connectivity index (χ0v) is 10.1. The maximum absolute atomic E-state index is 10.7. The summed E-state index contributed by atoms with van der Waals surface area (Å²) in [6.45, 7) is 0. The molecule has 0 aliphatic heterocycles. The summed E-state index contributed by atoms with van der Waals surface area (Å²) in [5.41, 5.74) is 1.25. The topological polar surface area (TPSA) is 61.1 Å². The van der Waals surface area contributed by atoms with Crippen LogP contribution in [0.4, 0.5) is 0 Å². The van der Waals surface area contributed by atoms with Crippen LogP contribution >= 0.6 is 31.9 Å². The molecule has 0 atom stereocenters. The molecule has 0 bridgehead atoms. The van der Waals surface area contributed by atoms with Crippen LogP contribution < -0.4 is 0 Å². The van der Waals surface area contributed by atoms with Crippen LogP contribution in [0.25, 0.3) is 0 Å². The highest BCUT2D eigenvalue weighted by atomic mass is 79.9. The van der Waals surface area contributed by atoms with E-state index in [9.17, 15) is 4.79 Å². The van der Waals surface area contributed by atoms with Crippen molar-refractivity contribution in [2.45, 2.75) is 5.33 Å². The van der Waals surface area contributed by atoms with E-state index in [0.717, 1.165) is 5.56 Å². The zero-order chi connectivity index (χ0) is 10.7. The van der Waals surface area contributed by atoms with Gasteiger partial charge in [-0.05, 0) is 33.6 Å². The molecule has 14 heavy (non-hydrogen) atoms. The predicted octanol–water partition coefficient (Wildman–Crippen LogP) is 2.91. The molecule has 1 N–H and O–H groups in total. The molecule has 72 valence electrons. The second-order valence-electron chi connectivity index (χ2n) is 2.54. The number of alkyl halides is 1. The lowest BCUT2D eigenvalue weighted by atomic mass is 10.1. The molecule has 0 aliphatic carbocycles. The van der Waals surface area contributed by atoms with E-state index in [1.807, 2.05) is 6.07 Å². The van der Waals surface area contributed by atoms with E-state index >= 15 is 0 Å². The number of benzene rings is 1. The summed E-state index contributed by atoms with van der Waals surface area (Å²) in [6, 6.07) is 4.95. The van der Waals surface area contributed by atoms with Gasteiger partial charge in [-0.15, -0.1) is 0 Å². The van der Waals surface area contributed by atoms with Gasteiger partial charge in [0.25, 0.3) is 0 Å². The van der Waals surface area contributed by atoms with Crippen molar-refractivity contribution in [1.29, 1.82) is 5.26 Å². The highest BCUT2D eigenvalue weighted by molar-refractivity contribution is 9.10. The van der Waals surface area contributed by atoms with E-state index in [1.165, 1.54) is 6.07 Å². The molecule has 0 amide bonds. The van der Waals surface area contributed by atoms with Gasteiger partial charge in [-0.3, -0.25) is 0 Å². The van der Waals surface area contributed by atoms with Gasteiger partial charge in [0, 0.05) is 9.80 Å². The Labute approximate surface area is 97.6 Å². The third-order valence-electron chi connectivity index (χ3n) is 1.69. The Morgan fingerprint density at radius 3 is 2.64 bits per heavy atom. The standard InChI is InChI=1S/C9H5Br2NO2/c10-3-5-2-8(11)7(9(13)14)1-6(5)4-12/h1-2H,3H2,(H,13,14). The molecule has 0 radical (unpaired) electrons. The lowest BCUT2D eigenvalue weighted by molar-refractivity contribution is 0.0696. The van der Waals surface area contributed by atoms with E-state index in [0.29, 0.717) is 15.4 Å². The zero-order valence-electron chi connectivity index (χ0n) is 6.92. The molecule has 0 aromatic heterocycles. The summed E-state index contributed by atoms with van der Waals surface area (Å²) in [5.74, 6) is -1.05. The number of carbonyl (C=O) groups is 1.